The van der Waals surface area contributed by atoms with E-state index in [1.165, 1.54) is 30.0 Å². The number of thioether (sulfide) groups is 1. The molecule has 0 aliphatic rings. The number of carbonyl (C=O) groups excluding carboxylic acids is 1. The molecule has 1 aromatic rings. The summed E-state index contributed by atoms with van der Waals surface area (Å²) in [5.74, 6) is -0.476. The fourth-order valence-corrected chi connectivity index (χ4v) is 1.46. The maximum Gasteiger partial charge on any atom is 0.176 e. The molecule has 0 radical (unpaired) electrons. The van der Waals surface area contributed by atoms with Gasteiger partial charge >= 0.3 is 0 Å². The minimum Gasteiger partial charge on any atom is -0.324 e. The lowest BCUT2D eigenvalue weighted by atomic mass is 10.1. The van der Waals surface area contributed by atoms with Crippen molar-refractivity contribution in [1.82, 2.24) is 0 Å². The van der Waals surface area contributed by atoms with Gasteiger partial charge in [0.25, 0.3) is 0 Å². The van der Waals surface area contributed by atoms with E-state index in [9.17, 15) is 9.18 Å². The summed E-state index contributed by atoms with van der Waals surface area (Å²) < 4.78 is 13.0. The predicted molar refractivity (Wildman–Crippen MR) is 51.6 cm³/mol. The second-order valence-corrected chi connectivity index (χ2v) is 3.32. The summed E-state index contributed by atoms with van der Waals surface area (Å²) in [7, 11) is 0. The Labute approximate surface area is 80.3 Å². The molecule has 0 atom stereocenters. The third-order valence-electron chi connectivity index (χ3n) is 1.66. The van der Waals surface area contributed by atoms with E-state index in [4.69, 9.17) is 5.73 Å². The molecule has 0 saturated heterocycles. The van der Waals surface area contributed by atoms with Crippen molar-refractivity contribution in [2.24, 2.45) is 5.73 Å². The molecule has 0 saturated carbocycles. The number of Topliss-reactive ketones (excluding diaryl/α,β-unsaturated/α-hetero) is 1. The summed E-state index contributed by atoms with van der Waals surface area (Å²) in [5.41, 5.74) is 5.65. The predicted octanol–water partition coefficient (Wildman–Crippen LogP) is 1.69. The van der Waals surface area contributed by atoms with Crippen molar-refractivity contribution >= 4 is 17.5 Å². The zero-order valence-electron chi connectivity index (χ0n) is 7.21. The number of ketones is 1. The molecular formula is C9H10FNOS. The molecule has 0 fully saturated rings. The highest BCUT2D eigenvalue weighted by atomic mass is 32.2. The van der Waals surface area contributed by atoms with Gasteiger partial charge in [-0.1, -0.05) is 0 Å². The Morgan fingerprint density at radius 2 is 2.31 bits per heavy atom. The summed E-state index contributed by atoms with van der Waals surface area (Å²) in [6, 6.07) is 4.26. The summed E-state index contributed by atoms with van der Waals surface area (Å²) >= 11 is 1.27. The molecule has 0 heterocycles. The Morgan fingerprint density at radius 1 is 1.62 bits per heavy atom. The molecule has 0 aromatic heterocycles. The van der Waals surface area contributed by atoms with Crippen molar-refractivity contribution in [3.05, 3.63) is 29.6 Å². The van der Waals surface area contributed by atoms with Crippen LogP contribution < -0.4 is 5.73 Å². The van der Waals surface area contributed by atoms with Crippen LogP contribution in [0.25, 0.3) is 0 Å². The molecule has 2 N–H and O–H groups in total. The number of nitrogens with two attached hydrogens (primary N) is 1. The summed E-state index contributed by atoms with van der Waals surface area (Å²) in [4.78, 5) is 11.6. The van der Waals surface area contributed by atoms with Crippen LogP contribution in [-0.2, 0) is 0 Å². The molecule has 0 unspecified atom stereocenters. The lowest BCUT2D eigenvalue weighted by molar-refractivity contribution is 0.100. The monoisotopic (exact) mass is 199 g/mol. The number of rotatable bonds is 3. The van der Waals surface area contributed by atoms with Gasteiger partial charge < -0.3 is 5.73 Å². The van der Waals surface area contributed by atoms with Crippen molar-refractivity contribution in [2.45, 2.75) is 4.90 Å². The minimum atomic E-state index is -0.305. The molecule has 1 aromatic carbocycles. The van der Waals surface area contributed by atoms with Gasteiger partial charge in [0.2, 0.25) is 0 Å². The van der Waals surface area contributed by atoms with E-state index in [0.717, 1.165) is 0 Å². The number of hydrogen-bond acceptors (Lipinski definition) is 3. The van der Waals surface area contributed by atoms with Crippen LogP contribution in [0.4, 0.5) is 4.39 Å². The van der Waals surface area contributed by atoms with Gasteiger partial charge in [0, 0.05) is 10.5 Å². The first-order valence-corrected chi connectivity index (χ1v) is 4.98. The first-order valence-electron chi connectivity index (χ1n) is 3.76. The van der Waals surface area contributed by atoms with E-state index in [2.05, 4.69) is 0 Å². The van der Waals surface area contributed by atoms with Crippen molar-refractivity contribution in [3.63, 3.8) is 0 Å². The first-order chi connectivity index (χ1) is 6.19. The molecule has 70 valence electrons. The normalized spacial score (nSPS) is 10.1. The van der Waals surface area contributed by atoms with Crippen molar-refractivity contribution in [3.8, 4) is 0 Å². The van der Waals surface area contributed by atoms with Gasteiger partial charge in [-0.15, -0.1) is 11.8 Å². The Hall–Kier alpha value is -0.870. The van der Waals surface area contributed by atoms with Gasteiger partial charge in [-0.25, -0.2) is 4.39 Å². The summed E-state index contributed by atoms with van der Waals surface area (Å²) in [6.07, 6.45) is 1.76. The smallest absolute Gasteiger partial charge is 0.176 e. The third-order valence-corrected chi connectivity index (χ3v) is 2.41. The summed E-state index contributed by atoms with van der Waals surface area (Å²) in [6.45, 7) is -0.0422. The first kappa shape index (κ1) is 10.2. The molecule has 13 heavy (non-hydrogen) atoms. The van der Waals surface area contributed by atoms with E-state index in [0.29, 0.717) is 10.5 Å². The molecule has 1 rings (SSSR count). The highest BCUT2D eigenvalue weighted by Gasteiger charge is 2.07. The van der Waals surface area contributed by atoms with E-state index in [1.54, 1.807) is 6.26 Å². The standard InChI is InChI=1S/C9H10FNOS/c1-13-9-4-6(8(12)5-11)2-3-7(9)10/h2-4H,5,11H2,1H3. The van der Waals surface area contributed by atoms with Crippen LogP contribution in [0.5, 0.6) is 0 Å². The Kier molecular flexibility index (Phi) is 3.45. The molecule has 2 nitrogen and oxygen atoms in total. The Bertz CT molecular complexity index is 327. The van der Waals surface area contributed by atoms with E-state index in [1.807, 2.05) is 0 Å². The van der Waals surface area contributed by atoms with E-state index < -0.39 is 0 Å². The lowest BCUT2D eigenvalue weighted by Gasteiger charge is -2.02. The van der Waals surface area contributed by atoms with Gasteiger partial charge in [0.1, 0.15) is 5.82 Å². The SMILES string of the molecule is CSc1cc(C(=O)CN)ccc1F. The van der Waals surface area contributed by atoms with Crippen LogP contribution >= 0.6 is 11.8 Å². The van der Waals surface area contributed by atoms with Crippen LogP contribution in [0.3, 0.4) is 0 Å². The zero-order chi connectivity index (χ0) is 9.84. The Morgan fingerprint density at radius 3 is 2.85 bits per heavy atom. The molecule has 0 bridgehead atoms. The average molecular weight is 199 g/mol. The number of halogens is 1. The molecular weight excluding hydrogens is 189 g/mol. The maximum absolute atomic E-state index is 13.0. The molecule has 0 spiro atoms. The Balaban J connectivity index is 3.06. The molecule has 0 amide bonds. The third kappa shape index (κ3) is 2.29. The molecule has 0 aliphatic carbocycles. The molecule has 0 aliphatic heterocycles. The number of benzene rings is 1. The van der Waals surface area contributed by atoms with Crippen LogP contribution in [-0.4, -0.2) is 18.6 Å². The fraction of sp³-hybridized carbons (Fsp3) is 0.222. The van der Waals surface area contributed by atoms with Gasteiger partial charge in [0.05, 0.1) is 6.54 Å². The quantitative estimate of drug-likeness (QED) is 0.595. The second-order valence-electron chi connectivity index (χ2n) is 2.48. The maximum atomic E-state index is 13.0. The molecule has 4 heteroatoms. The van der Waals surface area contributed by atoms with Crippen LogP contribution in [0.2, 0.25) is 0 Å². The largest absolute Gasteiger partial charge is 0.324 e. The van der Waals surface area contributed by atoms with Gasteiger partial charge in [-0.05, 0) is 24.5 Å². The summed E-state index contributed by atoms with van der Waals surface area (Å²) in [5, 5.41) is 0. The second kappa shape index (κ2) is 4.39. The lowest BCUT2D eigenvalue weighted by Crippen LogP contribution is -2.13. The van der Waals surface area contributed by atoms with Gasteiger partial charge in [-0.3, -0.25) is 4.79 Å². The number of carbonyl (C=O) groups is 1. The van der Waals surface area contributed by atoms with Gasteiger partial charge in [0.15, 0.2) is 5.78 Å². The fourth-order valence-electron chi connectivity index (χ4n) is 0.951. The highest BCUT2D eigenvalue weighted by molar-refractivity contribution is 7.98. The topological polar surface area (TPSA) is 43.1 Å². The van der Waals surface area contributed by atoms with Crippen molar-refractivity contribution in [2.75, 3.05) is 12.8 Å². The van der Waals surface area contributed by atoms with Crippen LogP contribution in [0.1, 0.15) is 10.4 Å². The van der Waals surface area contributed by atoms with Gasteiger partial charge in [-0.2, -0.15) is 0 Å². The highest BCUT2D eigenvalue weighted by Crippen LogP contribution is 2.20. The van der Waals surface area contributed by atoms with E-state index >= 15 is 0 Å². The van der Waals surface area contributed by atoms with Crippen LogP contribution in [0, 0.1) is 5.82 Å². The average Bonchev–Trinajstić information content (AvgIpc) is 2.17. The van der Waals surface area contributed by atoms with Crippen molar-refractivity contribution in [1.29, 1.82) is 0 Å². The van der Waals surface area contributed by atoms with Crippen molar-refractivity contribution < 1.29 is 9.18 Å². The van der Waals surface area contributed by atoms with Crippen LogP contribution in [0.15, 0.2) is 23.1 Å². The number of hydrogen-bond donors (Lipinski definition) is 1. The minimum absolute atomic E-state index is 0.0422. The van der Waals surface area contributed by atoms with E-state index in [-0.39, 0.29) is 18.1 Å². The zero-order valence-corrected chi connectivity index (χ0v) is 8.03.